The summed E-state index contributed by atoms with van der Waals surface area (Å²) in [5, 5.41) is 12.2. The number of ether oxygens (including phenoxy) is 1. The fourth-order valence-corrected chi connectivity index (χ4v) is 1.34. The van der Waals surface area contributed by atoms with Gasteiger partial charge in [0.05, 0.1) is 12.6 Å². The molecule has 5 heteroatoms. The molecule has 1 aromatic carbocycles. The van der Waals surface area contributed by atoms with Crippen molar-refractivity contribution in [2.45, 2.75) is 13.0 Å². The molecule has 0 unspecified atom stereocenters. The maximum atomic E-state index is 10.5. The Morgan fingerprint density at radius 3 is 2.65 bits per heavy atom. The standard InChI is InChI=1S/C12H11NO4/c14-12(15)5-9-1-3-11(4-2-9)16-7-10-6-13-17-8-10/h1-4,6,8H,5,7H2,(H,14,15). The van der Waals surface area contributed by atoms with Crippen molar-refractivity contribution in [1.29, 1.82) is 0 Å². The molecule has 0 spiro atoms. The van der Waals surface area contributed by atoms with Crippen molar-refractivity contribution < 1.29 is 19.2 Å². The van der Waals surface area contributed by atoms with Gasteiger partial charge in [-0.2, -0.15) is 0 Å². The minimum atomic E-state index is -0.844. The van der Waals surface area contributed by atoms with Gasteiger partial charge in [-0.25, -0.2) is 0 Å². The van der Waals surface area contributed by atoms with Crippen molar-refractivity contribution in [3.05, 3.63) is 47.9 Å². The maximum Gasteiger partial charge on any atom is 0.307 e. The second-order valence-corrected chi connectivity index (χ2v) is 3.54. The van der Waals surface area contributed by atoms with Gasteiger partial charge in [0.2, 0.25) is 0 Å². The molecule has 2 rings (SSSR count). The van der Waals surface area contributed by atoms with Crippen LogP contribution >= 0.6 is 0 Å². The second-order valence-electron chi connectivity index (χ2n) is 3.54. The summed E-state index contributed by atoms with van der Waals surface area (Å²) in [5.74, 6) is -0.163. The van der Waals surface area contributed by atoms with Crippen molar-refractivity contribution in [2.24, 2.45) is 0 Å². The topological polar surface area (TPSA) is 72.6 Å². The lowest BCUT2D eigenvalue weighted by Gasteiger charge is -2.04. The van der Waals surface area contributed by atoms with Crippen molar-refractivity contribution in [3.8, 4) is 5.75 Å². The molecule has 0 aliphatic heterocycles. The Hall–Kier alpha value is -2.30. The number of rotatable bonds is 5. The van der Waals surface area contributed by atoms with Crippen LogP contribution in [-0.4, -0.2) is 16.2 Å². The van der Waals surface area contributed by atoms with Crippen LogP contribution in [0.3, 0.4) is 0 Å². The zero-order valence-corrected chi connectivity index (χ0v) is 9.00. The average molecular weight is 233 g/mol. The van der Waals surface area contributed by atoms with Crippen LogP contribution in [0, 0.1) is 0 Å². The summed E-state index contributed by atoms with van der Waals surface area (Å²) in [4.78, 5) is 10.5. The molecule has 0 radical (unpaired) electrons. The zero-order valence-electron chi connectivity index (χ0n) is 9.00. The van der Waals surface area contributed by atoms with Gasteiger partial charge in [-0.1, -0.05) is 17.3 Å². The highest BCUT2D eigenvalue weighted by Gasteiger charge is 2.01. The van der Waals surface area contributed by atoms with Gasteiger partial charge in [-0.3, -0.25) is 4.79 Å². The van der Waals surface area contributed by atoms with Crippen LogP contribution in [0.5, 0.6) is 5.75 Å². The van der Waals surface area contributed by atoms with Crippen molar-refractivity contribution in [3.63, 3.8) is 0 Å². The molecule has 1 N–H and O–H groups in total. The van der Waals surface area contributed by atoms with E-state index in [1.165, 1.54) is 6.26 Å². The van der Waals surface area contributed by atoms with E-state index in [0.29, 0.717) is 12.4 Å². The summed E-state index contributed by atoms with van der Waals surface area (Å²) in [6, 6.07) is 6.95. The van der Waals surface area contributed by atoms with E-state index in [1.807, 2.05) is 0 Å². The molecule has 0 saturated heterocycles. The second kappa shape index (κ2) is 5.16. The van der Waals surface area contributed by atoms with E-state index < -0.39 is 5.97 Å². The predicted octanol–water partition coefficient (Wildman–Crippen LogP) is 1.88. The van der Waals surface area contributed by atoms with Crippen LogP contribution in [0.15, 0.2) is 41.2 Å². The average Bonchev–Trinajstić information content (AvgIpc) is 2.80. The Morgan fingerprint density at radius 1 is 1.29 bits per heavy atom. The number of carboxylic acids is 1. The molecule has 1 aromatic heterocycles. The molecule has 0 aliphatic rings. The van der Waals surface area contributed by atoms with E-state index in [9.17, 15) is 4.79 Å². The third-order valence-corrected chi connectivity index (χ3v) is 2.17. The number of benzene rings is 1. The number of aromatic nitrogens is 1. The molecule has 0 aliphatic carbocycles. The van der Waals surface area contributed by atoms with E-state index in [4.69, 9.17) is 9.84 Å². The Balaban J connectivity index is 1.91. The van der Waals surface area contributed by atoms with Gasteiger partial charge in [0.1, 0.15) is 18.6 Å². The molecule has 5 nitrogen and oxygen atoms in total. The molecule has 17 heavy (non-hydrogen) atoms. The normalized spacial score (nSPS) is 10.1. The third kappa shape index (κ3) is 3.34. The lowest BCUT2D eigenvalue weighted by molar-refractivity contribution is -0.136. The Labute approximate surface area is 97.6 Å². The van der Waals surface area contributed by atoms with Crippen LogP contribution in [0.2, 0.25) is 0 Å². The summed E-state index contributed by atoms with van der Waals surface area (Å²) in [5.41, 5.74) is 1.59. The fourth-order valence-electron chi connectivity index (χ4n) is 1.34. The van der Waals surface area contributed by atoms with Crippen molar-refractivity contribution in [1.82, 2.24) is 5.16 Å². The first-order chi connectivity index (χ1) is 8.24. The first kappa shape index (κ1) is 11.2. The molecule has 0 bridgehead atoms. The molecule has 0 fully saturated rings. The number of carbonyl (C=O) groups is 1. The number of hydrogen-bond donors (Lipinski definition) is 1. The van der Waals surface area contributed by atoms with E-state index >= 15 is 0 Å². The van der Waals surface area contributed by atoms with Gasteiger partial charge in [0.25, 0.3) is 0 Å². The van der Waals surface area contributed by atoms with Crippen LogP contribution in [0.25, 0.3) is 0 Å². The third-order valence-electron chi connectivity index (χ3n) is 2.17. The fraction of sp³-hybridized carbons (Fsp3) is 0.167. The summed E-state index contributed by atoms with van der Waals surface area (Å²) < 4.78 is 10.1. The lowest BCUT2D eigenvalue weighted by Crippen LogP contribution is -2.00. The minimum Gasteiger partial charge on any atom is -0.489 e. The first-order valence-corrected chi connectivity index (χ1v) is 5.06. The number of nitrogens with zero attached hydrogens (tertiary/aromatic N) is 1. The SMILES string of the molecule is O=C(O)Cc1ccc(OCc2cnoc2)cc1. The molecule has 88 valence electrons. The van der Waals surface area contributed by atoms with Gasteiger partial charge in [0.15, 0.2) is 0 Å². The summed E-state index contributed by atoms with van der Waals surface area (Å²) in [6.45, 7) is 0.377. The molecule has 2 aromatic rings. The number of carboxylic acid groups (broad SMARTS) is 1. The predicted molar refractivity (Wildman–Crippen MR) is 58.6 cm³/mol. The molecule has 1 heterocycles. The zero-order chi connectivity index (χ0) is 12.1. The minimum absolute atomic E-state index is 0.0198. The highest BCUT2D eigenvalue weighted by molar-refractivity contribution is 5.70. The molecular weight excluding hydrogens is 222 g/mol. The van der Waals surface area contributed by atoms with E-state index in [1.54, 1.807) is 30.5 Å². The summed E-state index contributed by atoms with van der Waals surface area (Å²) >= 11 is 0. The van der Waals surface area contributed by atoms with Crippen LogP contribution in [0.4, 0.5) is 0 Å². The summed E-state index contributed by atoms with van der Waals surface area (Å²) in [6.07, 6.45) is 3.11. The van der Waals surface area contributed by atoms with E-state index in [-0.39, 0.29) is 6.42 Å². The van der Waals surface area contributed by atoms with E-state index in [0.717, 1.165) is 11.1 Å². The van der Waals surface area contributed by atoms with Gasteiger partial charge >= 0.3 is 5.97 Å². The van der Waals surface area contributed by atoms with Crippen LogP contribution < -0.4 is 4.74 Å². The van der Waals surface area contributed by atoms with E-state index in [2.05, 4.69) is 9.68 Å². The van der Waals surface area contributed by atoms with Crippen LogP contribution in [-0.2, 0) is 17.8 Å². The van der Waals surface area contributed by atoms with Gasteiger partial charge < -0.3 is 14.4 Å². The monoisotopic (exact) mass is 233 g/mol. The molecule has 0 saturated carbocycles. The molecule has 0 amide bonds. The number of hydrogen-bond acceptors (Lipinski definition) is 4. The number of aliphatic carboxylic acids is 1. The smallest absolute Gasteiger partial charge is 0.307 e. The first-order valence-electron chi connectivity index (χ1n) is 5.06. The molecular formula is C12H11NO4. The van der Waals surface area contributed by atoms with Crippen LogP contribution in [0.1, 0.15) is 11.1 Å². The Bertz CT molecular complexity index is 476. The maximum absolute atomic E-state index is 10.5. The van der Waals surface area contributed by atoms with Gasteiger partial charge in [-0.05, 0) is 17.7 Å². The highest BCUT2D eigenvalue weighted by atomic mass is 16.5. The Morgan fingerprint density at radius 2 is 2.06 bits per heavy atom. The quantitative estimate of drug-likeness (QED) is 0.853. The lowest BCUT2D eigenvalue weighted by atomic mass is 10.1. The Kier molecular flexibility index (Phi) is 3.40. The van der Waals surface area contributed by atoms with Crippen molar-refractivity contribution in [2.75, 3.05) is 0 Å². The summed E-state index contributed by atoms with van der Waals surface area (Å²) in [7, 11) is 0. The van der Waals surface area contributed by atoms with Gasteiger partial charge in [0, 0.05) is 5.56 Å². The van der Waals surface area contributed by atoms with Gasteiger partial charge in [-0.15, -0.1) is 0 Å². The largest absolute Gasteiger partial charge is 0.489 e. The molecule has 0 atom stereocenters. The highest BCUT2D eigenvalue weighted by Crippen LogP contribution is 2.14. The van der Waals surface area contributed by atoms with Crippen molar-refractivity contribution >= 4 is 5.97 Å².